The molecule has 0 saturated carbocycles. The summed E-state index contributed by atoms with van der Waals surface area (Å²) < 4.78 is 25.1. The smallest absolute Gasteiger partial charge is 0.313 e. The fourth-order valence-electron chi connectivity index (χ4n) is 2.48. The molecule has 2 amide bonds. The highest BCUT2D eigenvalue weighted by Gasteiger charge is 2.24. The Morgan fingerprint density at radius 3 is 2.52 bits per heavy atom. The lowest BCUT2D eigenvalue weighted by molar-refractivity contribution is -0.136. The maximum atomic E-state index is 11.9. The van der Waals surface area contributed by atoms with Crippen molar-refractivity contribution in [3.8, 4) is 0 Å². The second-order valence-electron chi connectivity index (χ2n) is 5.86. The molecule has 2 N–H and O–H groups in total. The van der Waals surface area contributed by atoms with Crippen LogP contribution in [0.5, 0.6) is 0 Å². The van der Waals surface area contributed by atoms with Gasteiger partial charge in [-0.25, -0.2) is 8.42 Å². The molecule has 0 bridgehead atoms. The van der Waals surface area contributed by atoms with Crippen LogP contribution in [0, 0.1) is 0 Å². The topological polar surface area (TPSA) is 95.6 Å². The fraction of sp³-hybridized carbons (Fsp3) is 0.467. The number of hydrogen-bond acceptors (Lipinski definition) is 4. The van der Waals surface area contributed by atoms with Crippen LogP contribution in [0.4, 0.5) is 11.4 Å². The van der Waals surface area contributed by atoms with E-state index in [0.29, 0.717) is 17.9 Å². The highest BCUT2D eigenvalue weighted by Crippen LogP contribution is 2.31. The third-order valence-electron chi connectivity index (χ3n) is 3.45. The van der Waals surface area contributed by atoms with Crippen LogP contribution in [0.25, 0.3) is 0 Å². The van der Waals surface area contributed by atoms with Crippen molar-refractivity contribution >= 4 is 33.2 Å². The molecule has 1 aliphatic rings. The van der Waals surface area contributed by atoms with E-state index in [4.69, 9.17) is 0 Å². The van der Waals surface area contributed by atoms with Crippen LogP contribution in [0.1, 0.15) is 25.8 Å². The number of sulfonamides is 1. The second kappa shape index (κ2) is 6.57. The van der Waals surface area contributed by atoms with Crippen LogP contribution in [0.3, 0.4) is 0 Å². The van der Waals surface area contributed by atoms with E-state index in [0.717, 1.165) is 24.7 Å². The molecule has 0 fully saturated rings. The van der Waals surface area contributed by atoms with Crippen LogP contribution in [-0.4, -0.2) is 39.1 Å². The van der Waals surface area contributed by atoms with Crippen molar-refractivity contribution in [3.63, 3.8) is 0 Å². The van der Waals surface area contributed by atoms with Crippen LogP contribution in [0.15, 0.2) is 18.2 Å². The van der Waals surface area contributed by atoms with Gasteiger partial charge in [-0.15, -0.1) is 0 Å². The van der Waals surface area contributed by atoms with Gasteiger partial charge in [-0.2, -0.15) is 0 Å². The molecule has 0 aromatic heterocycles. The molecule has 1 heterocycles. The lowest BCUT2D eigenvalue weighted by Crippen LogP contribution is -2.39. The SMILES string of the molecule is CC(C)NC(=O)C(=O)Nc1ccc2c(c1)N(S(C)(=O)=O)CCC2. The van der Waals surface area contributed by atoms with Gasteiger partial charge in [0.1, 0.15) is 0 Å². The maximum Gasteiger partial charge on any atom is 0.313 e. The molecule has 0 aliphatic carbocycles. The second-order valence-corrected chi connectivity index (χ2v) is 7.77. The number of aryl methyl sites for hydroxylation is 1. The molecule has 8 heteroatoms. The summed E-state index contributed by atoms with van der Waals surface area (Å²) >= 11 is 0. The van der Waals surface area contributed by atoms with Gasteiger partial charge in [-0.3, -0.25) is 13.9 Å². The van der Waals surface area contributed by atoms with Gasteiger partial charge in [-0.1, -0.05) is 6.07 Å². The predicted molar refractivity (Wildman–Crippen MR) is 88.9 cm³/mol. The average Bonchev–Trinajstić information content (AvgIpc) is 2.44. The minimum Gasteiger partial charge on any atom is -0.346 e. The zero-order valence-corrected chi connectivity index (χ0v) is 14.2. The summed E-state index contributed by atoms with van der Waals surface area (Å²) in [6.45, 7) is 3.93. The lowest BCUT2D eigenvalue weighted by Gasteiger charge is -2.29. The predicted octanol–water partition coefficient (Wildman–Crippen LogP) is 0.862. The van der Waals surface area contributed by atoms with Gasteiger partial charge in [0, 0.05) is 18.3 Å². The molecule has 1 aromatic rings. The molecule has 0 unspecified atom stereocenters. The van der Waals surface area contributed by atoms with Crippen LogP contribution < -0.4 is 14.9 Å². The van der Waals surface area contributed by atoms with Crippen LogP contribution >= 0.6 is 0 Å². The lowest BCUT2D eigenvalue weighted by atomic mass is 10.0. The zero-order valence-electron chi connectivity index (χ0n) is 13.4. The van der Waals surface area contributed by atoms with Gasteiger partial charge in [0.2, 0.25) is 10.0 Å². The number of rotatable bonds is 3. The van der Waals surface area contributed by atoms with Gasteiger partial charge in [0.05, 0.1) is 11.9 Å². The summed E-state index contributed by atoms with van der Waals surface area (Å²) in [7, 11) is -3.38. The highest BCUT2D eigenvalue weighted by molar-refractivity contribution is 7.92. The summed E-state index contributed by atoms with van der Waals surface area (Å²) in [6, 6.07) is 4.90. The first kappa shape index (κ1) is 17.3. The van der Waals surface area contributed by atoms with Crippen molar-refractivity contribution in [2.45, 2.75) is 32.7 Å². The number of amides is 2. The number of benzene rings is 1. The number of nitrogens with zero attached hydrogens (tertiary/aromatic N) is 1. The first-order valence-electron chi connectivity index (χ1n) is 7.41. The normalized spacial score (nSPS) is 14.3. The molecule has 126 valence electrons. The van der Waals surface area contributed by atoms with E-state index in [1.165, 1.54) is 4.31 Å². The number of carbonyl (C=O) groups excluding carboxylic acids is 2. The van der Waals surface area contributed by atoms with Crippen LogP contribution in [-0.2, 0) is 26.0 Å². The third-order valence-corrected chi connectivity index (χ3v) is 4.63. The Bertz CT molecular complexity index is 728. The molecule has 2 rings (SSSR count). The Morgan fingerprint density at radius 2 is 1.91 bits per heavy atom. The Hall–Kier alpha value is -2.09. The van der Waals surface area contributed by atoms with Gasteiger partial charge in [0.25, 0.3) is 0 Å². The molecular weight excluding hydrogens is 318 g/mol. The Labute approximate surface area is 136 Å². The number of anilines is 2. The van der Waals surface area contributed by atoms with Crippen molar-refractivity contribution in [1.29, 1.82) is 0 Å². The van der Waals surface area contributed by atoms with Crippen molar-refractivity contribution in [2.24, 2.45) is 0 Å². The van der Waals surface area contributed by atoms with Gasteiger partial charge < -0.3 is 10.6 Å². The first-order valence-corrected chi connectivity index (χ1v) is 9.26. The summed E-state index contributed by atoms with van der Waals surface area (Å²) in [5.41, 5.74) is 1.86. The summed E-state index contributed by atoms with van der Waals surface area (Å²) in [5.74, 6) is -1.50. The van der Waals surface area contributed by atoms with Crippen molar-refractivity contribution in [3.05, 3.63) is 23.8 Å². The van der Waals surface area contributed by atoms with Crippen molar-refractivity contribution < 1.29 is 18.0 Å². The quantitative estimate of drug-likeness (QED) is 0.799. The average molecular weight is 339 g/mol. The van der Waals surface area contributed by atoms with E-state index in [-0.39, 0.29) is 6.04 Å². The minimum atomic E-state index is -3.38. The fourth-order valence-corrected chi connectivity index (χ4v) is 3.47. The number of fused-ring (bicyclic) bond motifs is 1. The molecule has 0 radical (unpaired) electrons. The third kappa shape index (κ3) is 4.22. The molecule has 0 atom stereocenters. The van der Waals surface area contributed by atoms with E-state index in [2.05, 4.69) is 10.6 Å². The highest BCUT2D eigenvalue weighted by atomic mass is 32.2. The van der Waals surface area contributed by atoms with Gasteiger partial charge >= 0.3 is 11.8 Å². The van der Waals surface area contributed by atoms with Crippen LogP contribution in [0.2, 0.25) is 0 Å². The molecule has 23 heavy (non-hydrogen) atoms. The molecule has 1 aliphatic heterocycles. The Balaban J connectivity index is 2.23. The molecule has 1 aromatic carbocycles. The molecule has 0 spiro atoms. The summed E-state index contributed by atoms with van der Waals surface area (Å²) in [5, 5.41) is 5.00. The molecule has 0 saturated heterocycles. The van der Waals surface area contributed by atoms with Gasteiger partial charge in [-0.05, 0) is 44.4 Å². The molecule has 7 nitrogen and oxygen atoms in total. The first-order chi connectivity index (χ1) is 10.7. The van der Waals surface area contributed by atoms with Crippen molar-refractivity contribution in [2.75, 3.05) is 22.4 Å². The minimum absolute atomic E-state index is 0.141. The van der Waals surface area contributed by atoms with Gasteiger partial charge in [0.15, 0.2) is 0 Å². The number of hydrogen-bond donors (Lipinski definition) is 2. The molecular formula is C15H21N3O4S. The maximum absolute atomic E-state index is 11.9. The monoisotopic (exact) mass is 339 g/mol. The van der Waals surface area contributed by atoms with E-state index in [9.17, 15) is 18.0 Å². The standard InChI is InChI=1S/C15H21N3O4S/c1-10(2)16-14(19)15(20)17-12-7-6-11-5-4-8-18(13(11)9-12)23(3,21)22/h6-7,9-10H,4-5,8H2,1-3H3,(H,16,19)(H,17,20). The largest absolute Gasteiger partial charge is 0.346 e. The Kier molecular flexibility index (Phi) is 4.93. The Morgan fingerprint density at radius 1 is 1.22 bits per heavy atom. The van der Waals surface area contributed by atoms with E-state index >= 15 is 0 Å². The van der Waals surface area contributed by atoms with Crippen molar-refractivity contribution in [1.82, 2.24) is 5.32 Å². The number of carbonyl (C=O) groups is 2. The summed E-state index contributed by atoms with van der Waals surface area (Å²) in [6.07, 6.45) is 2.69. The van der Waals surface area contributed by atoms with E-state index in [1.54, 1.807) is 32.0 Å². The summed E-state index contributed by atoms with van der Waals surface area (Å²) in [4.78, 5) is 23.5. The zero-order chi connectivity index (χ0) is 17.2. The van der Waals surface area contributed by atoms with E-state index < -0.39 is 21.8 Å². The number of nitrogens with one attached hydrogen (secondary N) is 2. The van der Waals surface area contributed by atoms with E-state index in [1.807, 2.05) is 0 Å².